The molecule has 0 aliphatic heterocycles. The predicted octanol–water partition coefficient (Wildman–Crippen LogP) is 3.83. The zero-order valence-electron chi connectivity index (χ0n) is 10.8. The van der Waals surface area contributed by atoms with Crippen LogP contribution in [0, 0.1) is 0 Å². The second kappa shape index (κ2) is 5.67. The number of rotatable bonds is 4. The Morgan fingerprint density at radius 2 is 2.11 bits per heavy atom. The van der Waals surface area contributed by atoms with Gasteiger partial charge >= 0.3 is 0 Å². The number of pyridine rings is 1. The highest BCUT2D eigenvalue weighted by molar-refractivity contribution is 9.10. The van der Waals surface area contributed by atoms with Crippen molar-refractivity contribution in [3.8, 4) is 0 Å². The largest absolute Gasteiger partial charge is 0.380 e. The predicted molar refractivity (Wildman–Crippen MR) is 79.0 cm³/mol. The molecule has 0 aliphatic carbocycles. The molecule has 2 unspecified atom stereocenters. The minimum Gasteiger partial charge on any atom is -0.380 e. The molecule has 18 heavy (non-hydrogen) atoms. The van der Waals surface area contributed by atoms with Crippen LogP contribution in [0.15, 0.2) is 34.9 Å². The summed E-state index contributed by atoms with van der Waals surface area (Å²) in [5.41, 5.74) is 2.02. The van der Waals surface area contributed by atoms with Gasteiger partial charge in [-0.25, -0.2) is 0 Å². The van der Waals surface area contributed by atoms with E-state index in [-0.39, 0.29) is 12.1 Å². The number of nitrogens with one attached hydrogen (secondary N) is 1. The SMILES string of the molecule is COC(C)C(C)Nc1cccc2cc(Br)cnc12. The van der Waals surface area contributed by atoms with E-state index in [1.807, 2.05) is 25.3 Å². The molecule has 0 spiro atoms. The van der Waals surface area contributed by atoms with Gasteiger partial charge in [0.25, 0.3) is 0 Å². The van der Waals surface area contributed by atoms with Gasteiger partial charge in [-0.1, -0.05) is 12.1 Å². The minimum absolute atomic E-state index is 0.149. The molecule has 4 heteroatoms. The smallest absolute Gasteiger partial charge is 0.0934 e. The number of hydrogen-bond acceptors (Lipinski definition) is 3. The van der Waals surface area contributed by atoms with Crippen LogP contribution in [0.1, 0.15) is 13.8 Å². The zero-order chi connectivity index (χ0) is 13.1. The molecule has 2 atom stereocenters. The number of halogens is 1. The highest BCUT2D eigenvalue weighted by atomic mass is 79.9. The van der Waals surface area contributed by atoms with Crippen molar-refractivity contribution in [3.05, 3.63) is 34.9 Å². The topological polar surface area (TPSA) is 34.1 Å². The molecule has 1 heterocycles. The van der Waals surface area contributed by atoms with Crippen LogP contribution in [-0.4, -0.2) is 24.2 Å². The average Bonchev–Trinajstić information content (AvgIpc) is 2.37. The number of anilines is 1. The van der Waals surface area contributed by atoms with Crippen molar-refractivity contribution in [1.29, 1.82) is 0 Å². The molecule has 0 bridgehead atoms. The fourth-order valence-electron chi connectivity index (χ4n) is 1.82. The van der Waals surface area contributed by atoms with Gasteiger partial charge in [0.1, 0.15) is 0 Å². The maximum Gasteiger partial charge on any atom is 0.0934 e. The van der Waals surface area contributed by atoms with Gasteiger partial charge in [-0.05, 0) is 41.9 Å². The first-order valence-corrected chi connectivity index (χ1v) is 6.74. The molecule has 0 saturated carbocycles. The summed E-state index contributed by atoms with van der Waals surface area (Å²) in [7, 11) is 1.72. The van der Waals surface area contributed by atoms with Gasteiger partial charge in [0.05, 0.1) is 17.3 Å². The van der Waals surface area contributed by atoms with E-state index in [0.29, 0.717) is 0 Å². The van der Waals surface area contributed by atoms with Crippen LogP contribution in [0.3, 0.4) is 0 Å². The highest BCUT2D eigenvalue weighted by Gasteiger charge is 2.12. The number of para-hydroxylation sites is 1. The molecule has 0 amide bonds. The molecule has 1 aromatic heterocycles. The lowest BCUT2D eigenvalue weighted by Crippen LogP contribution is -2.29. The van der Waals surface area contributed by atoms with Gasteiger partial charge in [-0.15, -0.1) is 0 Å². The summed E-state index contributed by atoms with van der Waals surface area (Å²) in [5, 5.41) is 4.57. The van der Waals surface area contributed by atoms with E-state index in [0.717, 1.165) is 21.1 Å². The summed E-state index contributed by atoms with van der Waals surface area (Å²) in [4.78, 5) is 4.47. The first kappa shape index (κ1) is 13.3. The van der Waals surface area contributed by atoms with Crippen LogP contribution in [-0.2, 0) is 4.74 Å². The Hall–Kier alpha value is -1.13. The number of fused-ring (bicyclic) bond motifs is 1. The second-order valence-corrected chi connectivity index (χ2v) is 5.32. The van der Waals surface area contributed by atoms with Crippen molar-refractivity contribution < 1.29 is 4.74 Å². The summed E-state index contributed by atoms with van der Waals surface area (Å²) >= 11 is 3.44. The molecule has 0 saturated heterocycles. The van der Waals surface area contributed by atoms with Crippen molar-refractivity contribution in [1.82, 2.24) is 4.98 Å². The number of aromatic nitrogens is 1. The summed E-state index contributed by atoms with van der Waals surface area (Å²) in [6.07, 6.45) is 1.97. The molecule has 96 valence electrons. The standard InChI is InChI=1S/C14H17BrN2O/c1-9(10(2)18-3)17-13-6-4-5-11-7-12(15)8-16-14(11)13/h4-10,17H,1-3H3. The normalized spacial score (nSPS) is 14.4. The van der Waals surface area contributed by atoms with E-state index in [4.69, 9.17) is 4.74 Å². The lowest BCUT2D eigenvalue weighted by Gasteiger charge is -2.21. The summed E-state index contributed by atoms with van der Waals surface area (Å²) in [6, 6.07) is 8.43. The number of nitrogens with zero attached hydrogens (tertiary/aromatic N) is 1. The number of methoxy groups -OCH3 is 1. The Balaban J connectivity index is 2.33. The molecule has 0 aliphatic rings. The molecule has 2 aromatic rings. The maximum absolute atomic E-state index is 5.32. The van der Waals surface area contributed by atoms with Gasteiger partial charge in [-0.3, -0.25) is 4.98 Å². The Bertz CT molecular complexity index is 544. The zero-order valence-corrected chi connectivity index (χ0v) is 12.4. The summed E-state index contributed by atoms with van der Waals surface area (Å²) in [5.74, 6) is 0. The fourth-order valence-corrected chi connectivity index (χ4v) is 2.17. The van der Waals surface area contributed by atoms with E-state index in [1.165, 1.54) is 0 Å². The molecule has 0 radical (unpaired) electrons. The molecular formula is C14H17BrN2O. The third-order valence-electron chi connectivity index (χ3n) is 3.14. The first-order valence-electron chi connectivity index (χ1n) is 5.95. The minimum atomic E-state index is 0.149. The number of ether oxygens (including phenoxy) is 1. The van der Waals surface area contributed by atoms with Crippen molar-refractivity contribution in [3.63, 3.8) is 0 Å². The lowest BCUT2D eigenvalue weighted by atomic mass is 10.1. The van der Waals surface area contributed by atoms with Crippen LogP contribution < -0.4 is 5.32 Å². The average molecular weight is 309 g/mol. The van der Waals surface area contributed by atoms with Gasteiger partial charge < -0.3 is 10.1 Å². The Kier molecular flexibility index (Phi) is 4.19. The van der Waals surface area contributed by atoms with Crippen LogP contribution in [0.4, 0.5) is 5.69 Å². The number of benzene rings is 1. The van der Waals surface area contributed by atoms with E-state index in [9.17, 15) is 0 Å². The molecule has 0 fully saturated rings. The highest BCUT2D eigenvalue weighted by Crippen LogP contribution is 2.24. The van der Waals surface area contributed by atoms with Gasteiger partial charge in [0.15, 0.2) is 0 Å². The fraction of sp³-hybridized carbons (Fsp3) is 0.357. The van der Waals surface area contributed by atoms with Crippen LogP contribution in [0.5, 0.6) is 0 Å². The molecule has 3 nitrogen and oxygen atoms in total. The van der Waals surface area contributed by atoms with Gasteiger partial charge in [-0.2, -0.15) is 0 Å². The van der Waals surface area contributed by atoms with Crippen molar-refractivity contribution in [2.45, 2.75) is 26.0 Å². The van der Waals surface area contributed by atoms with Gasteiger partial charge in [0, 0.05) is 29.2 Å². The van der Waals surface area contributed by atoms with E-state index < -0.39 is 0 Å². The van der Waals surface area contributed by atoms with E-state index in [2.05, 4.69) is 45.3 Å². The number of hydrogen-bond donors (Lipinski definition) is 1. The summed E-state index contributed by atoms with van der Waals surface area (Å²) in [6.45, 7) is 4.15. The first-order chi connectivity index (χ1) is 8.61. The van der Waals surface area contributed by atoms with Crippen molar-refractivity contribution in [2.75, 3.05) is 12.4 Å². The van der Waals surface area contributed by atoms with Crippen molar-refractivity contribution >= 4 is 32.5 Å². The Morgan fingerprint density at radius 1 is 1.33 bits per heavy atom. The maximum atomic E-state index is 5.32. The van der Waals surface area contributed by atoms with Crippen LogP contribution in [0.2, 0.25) is 0 Å². The molecule has 2 rings (SSSR count). The van der Waals surface area contributed by atoms with E-state index in [1.54, 1.807) is 7.11 Å². The Labute approximate surface area is 116 Å². The van der Waals surface area contributed by atoms with E-state index >= 15 is 0 Å². The summed E-state index contributed by atoms with van der Waals surface area (Å²) < 4.78 is 6.32. The quantitative estimate of drug-likeness (QED) is 0.932. The Morgan fingerprint density at radius 3 is 2.83 bits per heavy atom. The molecule has 1 N–H and O–H groups in total. The van der Waals surface area contributed by atoms with Crippen LogP contribution >= 0.6 is 15.9 Å². The van der Waals surface area contributed by atoms with Crippen molar-refractivity contribution in [2.24, 2.45) is 0 Å². The molecular weight excluding hydrogens is 292 g/mol. The third kappa shape index (κ3) is 2.82. The lowest BCUT2D eigenvalue weighted by molar-refractivity contribution is 0.106. The van der Waals surface area contributed by atoms with Crippen LogP contribution in [0.25, 0.3) is 10.9 Å². The third-order valence-corrected chi connectivity index (χ3v) is 3.57. The molecule has 1 aromatic carbocycles. The van der Waals surface area contributed by atoms with Gasteiger partial charge in [0.2, 0.25) is 0 Å². The monoisotopic (exact) mass is 308 g/mol. The second-order valence-electron chi connectivity index (χ2n) is 4.40.